The number of nitrogens with zero attached hydrogens (tertiary/aromatic N) is 1. The van der Waals surface area contributed by atoms with Gasteiger partial charge in [0.25, 0.3) is 0 Å². The summed E-state index contributed by atoms with van der Waals surface area (Å²) < 4.78 is 0. The maximum atomic E-state index is 12.5. The van der Waals surface area contributed by atoms with Crippen LogP contribution in [0.25, 0.3) is 0 Å². The summed E-state index contributed by atoms with van der Waals surface area (Å²) in [6.45, 7) is 2.97. The van der Waals surface area contributed by atoms with Crippen LogP contribution in [-0.2, 0) is 20.8 Å². The van der Waals surface area contributed by atoms with Gasteiger partial charge < -0.3 is 16.4 Å². The summed E-state index contributed by atoms with van der Waals surface area (Å²) in [6, 6.07) is 9.34. The van der Waals surface area contributed by atoms with Crippen LogP contribution < -0.4 is 16.4 Å². The fraction of sp³-hybridized carbons (Fsp3) is 0.412. The van der Waals surface area contributed by atoms with E-state index in [1.54, 1.807) is 6.92 Å². The van der Waals surface area contributed by atoms with Gasteiger partial charge in [-0.1, -0.05) is 37.3 Å². The fourth-order valence-corrected chi connectivity index (χ4v) is 2.31. The number of amides is 3. The van der Waals surface area contributed by atoms with E-state index < -0.39 is 29.8 Å². The van der Waals surface area contributed by atoms with Gasteiger partial charge in [-0.2, -0.15) is 5.26 Å². The SMILES string of the molecule is CC(=O)N[C@H](Cc1ccccc1)C(=O)N[C@@H](C(N)=O)[C@@H](C)CC#N. The zero-order chi connectivity index (χ0) is 18.1. The average Bonchev–Trinajstić information content (AvgIpc) is 2.52. The number of carbonyl (C=O) groups excluding carboxylic acids is 3. The molecule has 3 atom stereocenters. The molecule has 0 heterocycles. The molecule has 0 saturated carbocycles. The van der Waals surface area contributed by atoms with E-state index in [4.69, 9.17) is 11.0 Å². The Morgan fingerprint density at radius 1 is 1.21 bits per heavy atom. The zero-order valence-electron chi connectivity index (χ0n) is 13.8. The first-order valence-electron chi connectivity index (χ1n) is 7.62. The monoisotopic (exact) mass is 330 g/mol. The predicted molar refractivity (Wildman–Crippen MR) is 88.3 cm³/mol. The molecule has 7 heteroatoms. The Bertz CT molecular complexity index is 624. The Kier molecular flexibility index (Phi) is 7.43. The summed E-state index contributed by atoms with van der Waals surface area (Å²) in [6.07, 6.45) is 0.363. The first-order chi connectivity index (χ1) is 11.3. The van der Waals surface area contributed by atoms with Crippen molar-refractivity contribution in [2.75, 3.05) is 0 Å². The van der Waals surface area contributed by atoms with Crippen LogP contribution in [-0.4, -0.2) is 29.8 Å². The normalized spacial score (nSPS) is 13.9. The highest BCUT2D eigenvalue weighted by Crippen LogP contribution is 2.09. The summed E-state index contributed by atoms with van der Waals surface area (Å²) >= 11 is 0. The van der Waals surface area contributed by atoms with Crippen molar-refractivity contribution in [3.8, 4) is 6.07 Å². The van der Waals surface area contributed by atoms with E-state index in [0.29, 0.717) is 0 Å². The van der Waals surface area contributed by atoms with Crippen LogP contribution >= 0.6 is 0 Å². The number of hydrogen-bond acceptors (Lipinski definition) is 4. The Hall–Kier alpha value is -2.88. The van der Waals surface area contributed by atoms with Crippen LogP contribution in [0.4, 0.5) is 0 Å². The number of nitriles is 1. The number of rotatable bonds is 8. The third-order valence-electron chi connectivity index (χ3n) is 3.56. The molecular weight excluding hydrogens is 308 g/mol. The lowest BCUT2D eigenvalue weighted by Gasteiger charge is -2.24. The Morgan fingerprint density at radius 3 is 2.33 bits per heavy atom. The molecule has 0 unspecified atom stereocenters. The van der Waals surface area contributed by atoms with Crippen LogP contribution in [0.5, 0.6) is 0 Å². The molecule has 0 aliphatic carbocycles. The third-order valence-corrected chi connectivity index (χ3v) is 3.56. The minimum atomic E-state index is -0.968. The van der Waals surface area contributed by atoms with Gasteiger partial charge in [0.15, 0.2) is 0 Å². The van der Waals surface area contributed by atoms with E-state index >= 15 is 0 Å². The van der Waals surface area contributed by atoms with Crippen molar-refractivity contribution >= 4 is 17.7 Å². The van der Waals surface area contributed by atoms with E-state index in [1.165, 1.54) is 6.92 Å². The number of nitrogens with two attached hydrogens (primary N) is 1. The molecule has 0 aromatic heterocycles. The molecule has 0 saturated heterocycles. The van der Waals surface area contributed by atoms with Crippen LogP contribution in [0.3, 0.4) is 0 Å². The standard InChI is InChI=1S/C17H22N4O3/c1-11(8-9-18)15(16(19)23)21-17(24)14(20-12(2)22)10-13-6-4-3-5-7-13/h3-7,11,14-15H,8,10H2,1-2H3,(H2,19,23)(H,20,22)(H,21,24)/t11-,14+,15+/m0/s1. The lowest BCUT2D eigenvalue weighted by atomic mass is 9.97. The number of primary amides is 1. The molecule has 128 valence electrons. The molecule has 0 spiro atoms. The van der Waals surface area contributed by atoms with Gasteiger partial charge in [0.1, 0.15) is 12.1 Å². The van der Waals surface area contributed by atoms with E-state index in [1.807, 2.05) is 36.4 Å². The van der Waals surface area contributed by atoms with E-state index in [-0.39, 0.29) is 18.7 Å². The van der Waals surface area contributed by atoms with Crippen molar-refractivity contribution in [3.63, 3.8) is 0 Å². The van der Waals surface area contributed by atoms with Gasteiger partial charge in [-0.25, -0.2) is 0 Å². The third kappa shape index (κ3) is 6.08. The summed E-state index contributed by atoms with van der Waals surface area (Å²) in [5, 5.41) is 13.9. The molecule has 24 heavy (non-hydrogen) atoms. The number of nitrogens with one attached hydrogen (secondary N) is 2. The highest BCUT2D eigenvalue weighted by Gasteiger charge is 2.28. The highest BCUT2D eigenvalue weighted by molar-refractivity contribution is 5.91. The molecule has 0 radical (unpaired) electrons. The van der Waals surface area contributed by atoms with E-state index in [2.05, 4.69) is 10.6 Å². The van der Waals surface area contributed by atoms with Crippen LogP contribution in [0.1, 0.15) is 25.8 Å². The highest BCUT2D eigenvalue weighted by atomic mass is 16.2. The van der Waals surface area contributed by atoms with Crippen molar-refractivity contribution in [3.05, 3.63) is 35.9 Å². The molecule has 1 aromatic rings. The quantitative estimate of drug-likeness (QED) is 0.632. The van der Waals surface area contributed by atoms with Crippen LogP contribution in [0.15, 0.2) is 30.3 Å². The Morgan fingerprint density at radius 2 is 1.83 bits per heavy atom. The second-order valence-electron chi connectivity index (χ2n) is 5.67. The fourth-order valence-electron chi connectivity index (χ4n) is 2.31. The van der Waals surface area contributed by atoms with E-state index in [0.717, 1.165) is 5.56 Å². The van der Waals surface area contributed by atoms with Crippen molar-refractivity contribution in [2.24, 2.45) is 11.7 Å². The van der Waals surface area contributed by atoms with Gasteiger partial charge in [0.2, 0.25) is 17.7 Å². The molecule has 0 aliphatic heterocycles. The van der Waals surface area contributed by atoms with Crippen molar-refractivity contribution in [2.45, 2.75) is 38.8 Å². The molecule has 1 aromatic carbocycles. The molecule has 0 bridgehead atoms. The topological polar surface area (TPSA) is 125 Å². The maximum Gasteiger partial charge on any atom is 0.243 e. The molecule has 0 aliphatic rings. The minimum absolute atomic E-state index is 0.0807. The largest absolute Gasteiger partial charge is 0.368 e. The summed E-state index contributed by atoms with van der Waals surface area (Å²) in [7, 11) is 0. The van der Waals surface area contributed by atoms with Crippen molar-refractivity contribution in [1.29, 1.82) is 5.26 Å². The van der Waals surface area contributed by atoms with Crippen molar-refractivity contribution < 1.29 is 14.4 Å². The Balaban J connectivity index is 2.88. The average molecular weight is 330 g/mol. The maximum absolute atomic E-state index is 12.5. The predicted octanol–water partition coefficient (Wildman–Crippen LogP) is 0.254. The molecule has 0 fully saturated rings. The summed E-state index contributed by atoms with van der Waals surface area (Å²) in [4.78, 5) is 35.4. The van der Waals surface area contributed by atoms with E-state index in [9.17, 15) is 14.4 Å². The molecular formula is C17H22N4O3. The van der Waals surface area contributed by atoms with Crippen molar-refractivity contribution in [1.82, 2.24) is 10.6 Å². The second kappa shape index (κ2) is 9.30. The first kappa shape index (κ1) is 19.2. The second-order valence-corrected chi connectivity index (χ2v) is 5.67. The first-order valence-corrected chi connectivity index (χ1v) is 7.62. The van der Waals surface area contributed by atoms with Crippen LogP contribution in [0.2, 0.25) is 0 Å². The van der Waals surface area contributed by atoms with Gasteiger partial charge in [0.05, 0.1) is 6.07 Å². The van der Waals surface area contributed by atoms with Gasteiger partial charge in [0, 0.05) is 19.8 Å². The number of hydrogen-bond donors (Lipinski definition) is 3. The molecule has 4 N–H and O–H groups in total. The van der Waals surface area contributed by atoms with Gasteiger partial charge in [-0.3, -0.25) is 14.4 Å². The van der Waals surface area contributed by atoms with Gasteiger partial charge >= 0.3 is 0 Å². The molecule has 7 nitrogen and oxygen atoms in total. The van der Waals surface area contributed by atoms with Gasteiger partial charge in [-0.15, -0.1) is 0 Å². The summed E-state index contributed by atoms with van der Waals surface area (Å²) in [5.74, 6) is -2.01. The lowest BCUT2D eigenvalue weighted by Crippen LogP contribution is -2.55. The van der Waals surface area contributed by atoms with Crippen LogP contribution in [0, 0.1) is 17.2 Å². The molecule has 1 rings (SSSR count). The Labute approximate surface area is 141 Å². The summed E-state index contributed by atoms with van der Waals surface area (Å²) in [5.41, 5.74) is 6.19. The smallest absolute Gasteiger partial charge is 0.243 e. The lowest BCUT2D eigenvalue weighted by molar-refractivity contribution is -0.131. The number of benzene rings is 1. The number of carbonyl (C=O) groups is 3. The zero-order valence-corrected chi connectivity index (χ0v) is 13.8. The minimum Gasteiger partial charge on any atom is -0.368 e. The van der Waals surface area contributed by atoms with Gasteiger partial charge in [-0.05, 0) is 11.5 Å². The molecule has 3 amide bonds.